The van der Waals surface area contributed by atoms with Gasteiger partial charge < -0.3 is 9.50 Å². The van der Waals surface area contributed by atoms with Crippen molar-refractivity contribution in [2.75, 3.05) is 5.32 Å². The smallest absolute Gasteiger partial charge is 0.339 e. The molecule has 0 fully saturated rings. The maximum Gasteiger partial charge on any atom is 0.339 e. The van der Waals surface area contributed by atoms with E-state index in [9.17, 15) is 13.2 Å². The molecule has 0 radical (unpaired) electrons. The van der Waals surface area contributed by atoms with Gasteiger partial charge in [-0.15, -0.1) is 0 Å². The van der Waals surface area contributed by atoms with Crippen molar-refractivity contribution in [1.29, 1.82) is 0 Å². The molecule has 0 heterocycles. The van der Waals surface area contributed by atoms with Crippen molar-refractivity contribution >= 4 is 21.7 Å². The molecule has 3 aromatic carbocycles. The summed E-state index contributed by atoms with van der Waals surface area (Å²) in [6, 6.07) is 17.2. The van der Waals surface area contributed by atoms with Gasteiger partial charge in [-0.1, -0.05) is 44.2 Å². The summed E-state index contributed by atoms with van der Waals surface area (Å²) in [5.74, 6) is 0.151. The molecule has 0 unspecified atom stereocenters. The first-order chi connectivity index (χ1) is 14.6. The number of aryl methyl sites for hydroxylation is 3. The van der Waals surface area contributed by atoms with Crippen LogP contribution in [0.15, 0.2) is 65.6 Å². The maximum atomic E-state index is 12.8. The Labute approximate surface area is 184 Å². The van der Waals surface area contributed by atoms with E-state index in [1.165, 1.54) is 12.1 Å². The SMILES string of the molecule is Cc1ccc(C)c(S(=O)(=O)Oc2ccc(C(=O)Nc3c(C)cccc3C(C)C)cc2)c1. The Balaban J connectivity index is 1.79. The third-order valence-corrected chi connectivity index (χ3v) is 6.49. The number of nitrogens with one attached hydrogen (secondary N) is 1. The van der Waals surface area contributed by atoms with Crippen LogP contribution in [0.1, 0.15) is 52.4 Å². The summed E-state index contributed by atoms with van der Waals surface area (Å²) in [7, 11) is -3.97. The van der Waals surface area contributed by atoms with Gasteiger partial charge in [-0.05, 0) is 79.3 Å². The molecule has 0 saturated carbocycles. The highest BCUT2D eigenvalue weighted by Gasteiger charge is 2.20. The standard InChI is InChI=1S/C25H27NO4S/c1-16(2)22-8-6-7-19(5)24(22)26-25(27)20-11-13-21(14-12-20)30-31(28,29)23-15-17(3)9-10-18(23)4/h6-16H,1-5H3,(H,26,27). The molecule has 162 valence electrons. The average Bonchev–Trinajstić information content (AvgIpc) is 2.71. The number of hydrogen-bond donors (Lipinski definition) is 1. The van der Waals surface area contributed by atoms with Crippen molar-refractivity contribution in [3.63, 3.8) is 0 Å². The summed E-state index contributed by atoms with van der Waals surface area (Å²) in [6.45, 7) is 9.65. The molecule has 6 heteroatoms. The summed E-state index contributed by atoms with van der Waals surface area (Å²) in [5, 5.41) is 2.99. The van der Waals surface area contributed by atoms with Crippen LogP contribution in [0.3, 0.4) is 0 Å². The first kappa shape index (κ1) is 22.6. The molecule has 0 aromatic heterocycles. The molecular weight excluding hydrogens is 410 g/mol. The fourth-order valence-electron chi connectivity index (χ4n) is 3.34. The molecule has 1 N–H and O–H groups in total. The Bertz CT molecular complexity index is 1210. The van der Waals surface area contributed by atoms with Crippen molar-refractivity contribution in [3.8, 4) is 5.75 Å². The molecule has 0 bridgehead atoms. The zero-order valence-electron chi connectivity index (χ0n) is 18.4. The number of benzene rings is 3. The highest BCUT2D eigenvalue weighted by atomic mass is 32.2. The normalized spacial score (nSPS) is 11.4. The van der Waals surface area contributed by atoms with E-state index < -0.39 is 10.1 Å². The van der Waals surface area contributed by atoms with Crippen LogP contribution >= 0.6 is 0 Å². The first-order valence-corrected chi connectivity index (χ1v) is 11.5. The first-order valence-electron chi connectivity index (χ1n) is 10.1. The molecule has 3 aromatic rings. The second-order valence-electron chi connectivity index (χ2n) is 7.98. The second-order valence-corrected chi connectivity index (χ2v) is 9.49. The van der Waals surface area contributed by atoms with Crippen LogP contribution in [0.4, 0.5) is 5.69 Å². The number of anilines is 1. The van der Waals surface area contributed by atoms with Gasteiger partial charge >= 0.3 is 10.1 Å². The largest absolute Gasteiger partial charge is 0.379 e. The number of amides is 1. The number of hydrogen-bond acceptors (Lipinski definition) is 4. The Hall–Kier alpha value is -3.12. The highest BCUT2D eigenvalue weighted by molar-refractivity contribution is 7.87. The van der Waals surface area contributed by atoms with Crippen LogP contribution in [-0.2, 0) is 10.1 Å². The van der Waals surface area contributed by atoms with Crippen molar-refractivity contribution < 1.29 is 17.4 Å². The van der Waals surface area contributed by atoms with Gasteiger partial charge in [0.2, 0.25) is 0 Å². The van der Waals surface area contributed by atoms with Crippen LogP contribution < -0.4 is 9.50 Å². The molecule has 31 heavy (non-hydrogen) atoms. The van der Waals surface area contributed by atoms with Gasteiger partial charge in [-0.3, -0.25) is 4.79 Å². The van der Waals surface area contributed by atoms with E-state index in [1.54, 1.807) is 31.2 Å². The van der Waals surface area contributed by atoms with Gasteiger partial charge in [0.25, 0.3) is 5.91 Å². The second kappa shape index (κ2) is 8.94. The summed E-state index contributed by atoms with van der Waals surface area (Å²) >= 11 is 0. The molecule has 0 aliphatic heterocycles. The summed E-state index contributed by atoms with van der Waals surface area (Å²) < 4.78 is 30.6. The van der Waals surface area contributed by atoms with Crippen LogP contribution in [0.25, 0.3) is 0 Å². The van der Waals surface area contributed by atoms with Crippen molar-refractivity contribution in [2.45, 2.75) is 45.4 Å². The van der Waals surface area contributed by atoms with Gasteiger partial charge in [-0.2, -0.15) is 8.42 Å². The van der Waals surface area contributed by atoms with Gasteiger partial charge in [0, 0.05) is 11.3 Å². The van der Waals surface area contributed by atoms with E-state index in [0.717, 1.165) is 22.4 Å². The molecular formula is C25H27NO4S. The minimum atomic E-state index is -3.97. The lowest BCUT2D eigenvalue weighted by Gasteiger charge is -2.16. The third-order valence-electron chi connectivity index (χ3n) is 5.10. The Kier molecular flexibility index (Phi) is 6.51. The predicted molar refractivity (Wildman–Crippen MR) is 123 cm³/mol. The monoisotopic (exact) mass is 437 g/mol. The van der Waals surface area contributed by atoms with E-state index in [1.807, 2.05) is 38.1 Å². The molecule has 0 saturated heterocycles. The average molecular weight is 438 g/mol. The van der Waals surface area contributed by atoms with Crippen molar-refractivity contribution in [2.24, 2.45) is 0 Å². The Morgan fingerprint density at radius 3 is 2.23 bits per heavy atom. The lowest BCUT2D eigenvalue weighted by Crippen LogP contribution is -2.15. The Morgan fingerprint density at radius 1 is 0.903 bits per heavy atom. The van der Waals surface area contributed by atoms with E-state index in [2.05, 4.69) is 19.2 Å². The maximum absolute atomic E-state index is 12.8. The summed E-state index contributed by atoms with van der Waals surface area (Å²) in [4.78, 5) is 12.9. The summed E-state index contributed by atoms with van der Waals surface area (Å²) in [6.07, 6.45) is 0. The third kappa shape index (κ3) is 5.14. The van der Waals surface area contributed by atoms with E-state index in [-0.39, 0.29) is 22.5 Å². The minimum Gasteiger partial charge on any atom is -0.379 e. The number of rotatable bonds is 6. The van der Waals surface area contributed by atoms with Crippen molar-refractivity contribution in [3.05, 3.63) is 88.5 Å². The van der Waals surface area contributed by atoms with Crippen molar-refractivity contribution in [1.82, 2.24) is 0 Å². The molecule has 0 atom stereocenters. The summed E-state index contributed by atoms with van der Waals surface area (Å²) in [5.41, 5.74) is 4.71. The van der Waals surface area contributed by atoms with E-state index in [4.69, 9.17) is 4.18 Å². The molecule has 3 rings (SSSR count). The molecule has 5 nitrogen and oxygen atoms in total. The fraction of sp³-hybridized carbons (Fsp3) is 0.240. The lowest BCUT2D eigenvalue weighted by atomic mass is 9.98. The number of carbonyl (C=O) groups is 1. The number of para-hydroxylation sites is 1. The Morgan fingerprint density at radius 2 is 1.58 bits per heavy atom. The fourth-order valence-corrected chi connectivity index (χ4v) is 4.58. The predicted octanol–water partition coefficient (Wildman–Crippen LogP) is 5.76. The van der Waals surface area contributed by atoms with Gasteiger partial charge in [0.1, 0.15) is 10.6 Å². The van der Waals surface area contributed by atoms with Crippen LogP contribution in [0.2, 0.25) is 0 Å². The zero-order valence-corrected chi connectivity index (χ0v) is 19.2. The molecule has 1 amide bonds. The quantitative estimate of drug-likeness (QED) is 0.498. The number of carbonyl (C=O) groups excluding carboxylic acids is 1. The van der Waals surface area contributed by atoms with E-state index >= 15 is 0 Å². The highest BCUT2D eigenvalue weighted by Crippen LogP contribution is 2.28. The van der Waals surface area contributed by atoms with Crippen LogP contribution in [0.5, 0.6) is 5.75 Å². The zero-order chi connectivity index (χ0) is 22.8. The lowest BCUT2D eigenvalue weighted by molar-refractivity contribution is 0.102. The minimum absolute atomic E-state index is 0.134. The van der Waals surface area contributed by atoms with Gasteiger partial charge in [0.15, 0.2) is 0 Å². The van der Waals surface area contributed by atoms with Crippen LogP contribution in [0, 0.1) is 20.8 Å². The topological polar surface area (TPSA) is 72.5 Å². The molecule has 0 spiro atoms. The van der Waals surface area contributed by atoms with E-state index in [0.29, 0.717) is 11.1 Å². The van der Waals surface area contributed by atoms with Crippen LogP contribution in [-0.4, -0.2) is 14.3 Å². The molecule has 0 aliphatic rings. The van der Waals surface area contributed by atoms with Gasteiger partial charge in [0.05, 0.1) is 0 Å². The van der Waals surface area contributed by atoms with Gasteiger partial charge in [-0.25, -0.2) is 0 Å². The molecule has 0 aliphatic carbocycles.